The van der Waals surface area contributed by atoms with Crippen LogP contribution in [0.4, 0.5) is 18.0 Å². The summed E-state index contributed by atoms with van der Waals surface area (Å²) in [5.74, 6) is -1.67. The fourth-order valence-electron chi connectivity index (χ4n) is 2.31. The minimum Gasteiger partial charge on any atom is -0.449 e. The lowest BCUT2D eigenvalue weighted by Crippen LogP contribution is -2.43. The number of rotatable bonds is 4. The molecule has 0 fully saturated rings. The molecule has 0 aliphatic rings. The maximum Gasteiger partial charge on any atom is 0.416 e. The van der Waals surface area contributed by atoms with Crippen LogP contribution in [-0.4, -0.2) is 31.1 Å². The van der Waals surface area contributed by atoms with Gasteiger partial charge in [-0.15, -0.1) is 0 Å². The average molecular weight is 394 g/mol. The molecule has 0 heterocycles. The quantitative estimate of drug-likeness (QED) is 0.779. The predicted octanol–water partition coefficient (Wildman–Crippen LogP) is 3.37. The zero-order valence-corrected chi connectivity index (χ0v) is 15.0. The van der Waals surface area contributed by atoms with E-state index in [1.165, 1.54) is 32.2 Å². The number of ether oxygens (including phenoxy) is 1. The van der Waals surface area contributed by atoms with E-state index < -0.39 is 35.8 Å². The van der Waals surface area contributed by atoms with Crippen LogP contribution in [0.3, 0.4) is 0 Å². The Labute approximate surface area is 158 Å². The number of carbonyl (C=O) groups excluding carboxylic acids is 3. The molecule has 0 radical (unpaired) electrons. The van der Waals surface area contributed by atoms with Crippen molar-refractivity contribution in [3.05, 3.63) is 59.7 Å². The van der Waals surface area contributed by atoms with Crippen molar-refractivity contribution in [2.24, 2.45) is 0 Å². The molecule has 2 rings (SSSR count). The third kappa shape index (κ3) is 5.09. The normalized spacial score (nSPS) is 12.0. The number of carbonyl (C=O) groups is 3. The van der Waals surface area contributed by atoms with E-state index in [1.807, 2.05) is 5.32 Å². The molecule has 0 aliphatic heterocycles. The molecule has 0 spiro atoms. The minimum atomic E-state index is -4.47. The zero-order chi connectivity index (χ0) is 20.9. The fraction of sp³-hybridized carbons (Fsp3) is 0.211. The van der Waals surface area contributed by atoms with Gasteiger partial charge in [0.05, 0.1) is 11.1 Å². The number of hydrogen-bond donors (Lipinski definition) is 2. The van der Waals surface area contributed by atoms with Crippen LogP contribution in [0, 0.1) is 0 Å². The largest absolute Gasteiger partial charge is 0.449 e. The summed E-state index contributed by atoms with van der Waals surface area (Å²) in [5.41, 5.74) is -0.0131. The van der Waals surface area contributed by atoms with Crippen molar-refractivity contribution in [1.82, 2.24) is 10.6 Å². The SMILES string of the molecule is CNC(=O)NC(=O)C(C)OC(=O)c1ccccc1-c1ccc(C(F)(F)F)cc1. The Bertz CT molecular complexity index is 879. The van der Waals surface area contributed by atoms with E-state index in [9.17, 15) is 27.6 Å². The number of imide groups is 1. The van der Waals surface area contributed by atoms with E-state index in [4.69, 9.17) is 4.74 Å². The molecule has 2 aromatic carbocycles. The van der Waals surface area contributed by atoms with Crippen molar-refractivity contribution < 1.29 is 32.3 Å². The van der Waals surface area contributed by atoms with Gasteiger partial charge < -0.3 is 10.1 Å². The standard InChI is InChI=1S/C19H17F3N2O4/c1-11(16(25)24-18(27)23-2)28-17(26)15-6-4-3-5-14(15)12-7-9-13(10-8-12)19(20,21)22/h3-11H,1-2H3,(H2,23,24,25,27). The molecule has 2 N–H and O–H groups in total. The summed E-state index contributed by atoms with van der Waals surface area (Å²) in [5, 5.41) is 4.17. The molecule has 9 heteroatoms. The van der Waals surface area contributed by atoms with Gasteiger partial charge in [0.25, 0.3) is 5.91 Å². The second kappa shape index (κ2) is 8.55. The number of alkyl halides is 3. The van der Waals surface area contributed by atoms with Crippen LogP contribution in [0.15, 0.2) is 48.5 Å². The number of benzene rings is 2. The molecular formula is C19H17F3N2O4. The fourth-order valence-corrected chi connectivity index (χ4v) is 2.31. The van der Waals surface area contributed by atoms with Crippen molar-refractivity contribution in [2.45, 2.75) is 19.2 Å². The van der Waals surface area contributed by atoms with Gasteiger partial charge in [0.1, 0.15) is 0 Å². The van der Waals surface area contributed by atoms with Crippen molar-refractivity contribution >= 4 is 17.9 Å². The first-order valence-electron chi connectivity index (χ1n) is 8.13. The second-order valence-electron chi connectivity index (χ2n) is 5.74. The summed E-state index contributed by atoms with van der Waals surface area (Å²) in [6, 6.07) is 9.72. The van der Waals surface area contributed by atoms with Crippen LogP contribution >= 0.6 is 0 Å². The van der Waals surface area contributed by atoms with Crippen molar-refractivity contribution in [1.29, 1.82) is 0 Å². The van der Waals surface area contributed by atoms with Crippen molar-refractivity contribution in [2.75, 3.05) is 7.05 Å². The molecule has 2 aromatic rings. The van der Waals surface area contributed by atoms with Crippen LogP contribution in [0.2, 0.25) is 0 Å². The Hall–Kier alpha value is -3.36. The molecule has 3 amide bonds. The van der Waals surface area contributed by atoms with Gasteiger partial charge >= 0.3 is 18.2 Å². The topological polar surface area (TPSA) is 84.5 Å². The van der Waals surface area contributed by atoms with Gasteiger partial charge in [-0.2, -0.15) is 13.2 Å². The van der Waals surface area contributed by atoms with Gasteiger partial charge in [0.2, 0.25) is 0 Å². The average Bonchev–Trinajstić information content (AvgIpc) is 2.67. The zero-order valence-electron chi connectivity index (χ0n) is 15.0. The highest BCUT2D eigenvalue weighted by molar-refractivity contribution is 6.00. The van der Waals surface area contributed by atoms with Crippen LogP contribution < -0.4 is 10.6 Å². The van der Waals surface area contributed by atoms with E-state index in [0.29, 0.717) is 11.1 Å². The smallest absolute Gasteiger partial charge is 0.416 e. The summed E-state index contributed by atoms with van der Waals surface area (Å²) in [7, 11) is 1.32. The highest BCUT2D eigenvalue weighted by Crippen LogP contribution is 2.32. The molecule has 148 valence electrons. The lowest BCUT2D eigenvalue weighted by Gasteiger charge is -2.15. The lowest BCUT2D eigenvalue weighted by atomic mass is 9.98. The maximum absolute atomic E-state index is 12.7. The van der Waals surface area contributed by atoms with E-state index >= 15 is 0 Å². The number of urea groups is 1. The first-order chi connectivity index (χ1) is 13.1. The Morgan fingerprint density at radius 2 is 1.61 bits per heavy atom. The molecule has 0 saturated carbocycles. The Kier molecular flexibility index (Phi) is 6.40. The third-order valence-electron chi connectivity index (χ3n) is 3.79. The van der Waals surface area contributed by atoms with Gasteiger partial charge in [-0.3, -0.25) is 10.1 Å². The number of halogens is 3. The molecule has 0 saturated heterocycles. The molecule has 0 aromatic heterocycles. The molecule has 0 bridgehead atoms. The number of hydrogen-bond acceptors (Lipinski definition) is 4. The molecule has 6 nitrogen and oxygen atoms in total. The summed E-state index contributed by atoms with van der Waals surface area (Å²) in [6.07, 6.45) is -5.73. The number of esters is 1. The van der Waals surface area contributed by atoms with E-state index in [2.05, 4.69) is 5.32 Å². The van der Waals surface area contributed by atoms with Gasteiger partial charge in [-0.05, 0) is 36.2 Å². The predicted molar refractivity (Wildman–Crippen MR) is 94.4 cm³/mol. The van der Waals surface area contributed by atoms with Gasteiger partial charge in [0, 0.05) is 7.05 Å². The highest BCUT2D eigenvalue weighted by Gasteiger charge is 2.30. The summed E-state index contributed by atoms with van der Waals surface area (Å²) < 4.78 is 43.2. The summed E-state index contributed by atoms with van der Waals surface area (Å²) >= 11 is 0. The molecule has 0 aliphatic carbocycles. The molecular weight excluding hydrogens is 377 g/mol. The van der Waals surface area contributed by atoms with Gasteiger partial charge in [-0.25, -0.2) is 9.59 Å². The molecule has 1 atom stereocenters. The van der Waals surface area contributed by atoms with E-state index in [1.54, 1.807) is 18.2 Å². The Morgan fingerprint density at radius 3 is 2.18 bits per heavy atom. The molecule has 1 unspecified atom stereocenters. The monoisotopic (exact) mass is 394 g/mol. The third-order valence-corrected chi connectivity index (χ3v) is 3.79. The first-order valence-corrected chi connectivity index (χ1v) is 8.13. The second-order valence-corrected chi connectivity index (χ2v) is 5.74. The minimum absolute atomic E-state index is 0.0712. The maximum atomic E-state index is 12.7. The molecule has 28 heavy (non-hydrogen) atoms. The van der Waals surface area contributed by atoms with Crippen LogP contribution in [0.1, 0.15) is 22.8 Å². The van der Waals surface area contributed by atoms with E-state index in [0.717, 1.165) is 12.1 Å². The Morgan fingerprint density at radius 1 is 1.00 bits per heavy atom. The van der Waals surface area contributed by atoms with Crippen molar-refractivity contribution in [3.8, 4) is 11.1 Å². The lowest BCUT2D eigenvalue weighted by molar-refractivity contribution is -0.137. The number of nitrogens with one attached hydrogen (secondary N) is 2. The van der Waals surface area contributed by atoms with Gasteiger partial charge in [0.15, 0.2) is 6.10 Å². The van der Waals surface area contributed by atoms with E-state index in [-0.39, 0.29) is 5.56 Å². The van der Waals surface area contributed by atoms with Crippen LogP contribution in [-0.2, 0) is 15.7 Å². The summed E-state index contributed by atoms with van der Waals surface area (Å²) in [4.78, 5) is 35.4. The van der Waals surface area contributed by atoms with Crippen LogP contribution in [0.5, 0.6) is 0 Å². The summed E-state index contributed by atoms with van der Waals surface area (Å²) in [6.45, 7) is 1.29. The highest BCUT2D eigenvalue weighted by atomic mass is 19.4. The van der Waals surface area contributed by atoms with Crippen LogP contribution in [0.25, 0.3) is 11.1 Å². The first kappa shape index (κ1) is 20.9. The Balaban J connectivity index is 2.22. The van der Waals surface area contributed by atoms with Crippen molar-refractivity contribution in [3.63, 3.8) is 0 Å². The van der Waals surface area contributed by atoms with Gasteiger partial charge in [-0.1, -0.05) is 30.3 Å². The number of amides is 3.